The van der Waals surface area contributed by atoms with Gasteiger partial charge in [0.05, 0.1) is 0 Å². The van der Waals surface area contributed by atoms with Gasteiger partial charge in [0.25, 0.3) is 0 Å². The molecule has 0 heterocycles. The normalized spacial score (nSPS) is 13.3. The van der Waals surface area contributed by atoms with Crippen molar-refractivity contribution in [3.05, 3.63) is 144 Å². The van der Waals surface area contributed by atoms with Gasteiger partial charge in [-0.25, -0.2) is 0 Å². The van der Waals surface area contributed by atoms with Gasteiger partial charge < -0.3 is 0 Å². The molecule has 0 aromatic heterocycles. The minimum absolute atomic E-state index is 0.0558. The Hall–Kier alpha value is -4.13. The van der Waals surface area contributed by atoms with Crippen molar-refractivity contribution in [2.75, 3.05) is 0 Å². The molecule has 6 aromatic carbocycles. The molecule has 0 fully saturated rings. The van der Waals surface area contributed by atoms with Crippen LogP contribution in [0.5, 0.6) is 0 Å². The minimum atomic E-state index is -0.0558. The third-order valence-electron chi connectivity index (χ3n) is 8.15. The van der Waals surface area contributed by atoms with Crippen molar-refractivity contribution in [1.29, 1.82) is 0 Å². The molecule has 1 aliphatic carbocycles. The SMILES string of the molecule is CC1(C)c2ccccc2-c2c(-c3cc(-c4ccccc4)ccc3-c3cc4ccccc4cc3Cl)cccc21. The van der Waals surface area contributed by atoms with Gasteiger partial charge in [-0.15, -0.1) is 0 Å². The molecule has 0 saturated heterocycles. The van der Waals surface area contributed by atoms with Crippen LogP contribution in [0.25, 0.3) is 55.3 Å². The van der Waals surface area contributed by atoms with E-state index in [1.165, 1.54) is 49.9 Å². The van der Waals surface area contributed by atoms with E-state index in [2.05, 4.69) is 141 Å². The second-order valence-corrected chi connectivity index (χ2v) is 11.1. The molecule has 38 heavy (non-hydrogen) atoms. The predicted molar refractivity (Wildman–Crippen MR) is 163 cm³/mol. The van der Waals surface area contributed by atoms with Crippen molar-refractivity contribution in [1.82, 2.24) is 0 Å². The van der Waals surface area contributed by atoms with Crippen LogP contribution < -0.4 is 0 Å². The molecule has 0 bridgehead atoms. The number of benzene rings is 6. The Morgan fingerprint density at radius 1 is 0.447 bits per heavy atom. The molecule has 0 radical (unpaired) electrons. The third-order valence-corrected chi connectivity index (χ3v) is 8.46. The van der Waals surface area contributed by atoms with E-state index < -0.39 is 0 Å². The summed E-state index contributed by atoms with van der Waals surface area (Å²) in [6.45, 7) is 4.67. The van der Waals surface area contributed by atoms with Crippen LogP contribution in [-0.4, -0.2) is 0 Å². The molecule has 7 rings (SSSR count). The first kappa shape index (κ1) is 23.0. The number of halogens is 1. The average Bonchev–Trinajstić information content (AvgIpc) is 3.20. The molecule has 0 amide bonds. The standard InChI is InChI=1S/C37H27Cl/c1-37(2)33-17-9-8-15-30(33)36-29(16-10-18-34(36)37)31-21-27(24-11-4-3-5-12-24)19-20-28(31)32-22-25-13-6-7-14-26(25)23-35(32)38/h3-23H,1-2H3. The second kappa shape index (κ2) is 8.72. The van der Waals surface area contributed by atoms with Crippen molar-refractivity contribution in [3.8, 4) is 44.5 Å². The molecule has 1 aliphatic rings. The van der Waals surface area contributed by atoms with Gasteiger partial charge in [-0.2, -0.15) is 0 Å². The Morgan fingerprint density at radius 3 is 1.92 bits per heavy atom. The molecule has 182 valence electrons. The summed E-state index contributed by atoms with van der Waals surface area (Å²) in [5.41, 5.74) is 12.4. The molecule has 0 spiro atoms. The fourth-order valence-corrected chi connectivity index (χ4v) is 6.48. The Morgan fingerprint density at radius 2 is 1.11 bits per heavy atom. The highest BCUT2D eigenvalue weighted by Crippen LogP contribution is 2.53. The van der Waals surface area contributed by atoms with Crippen molar-refractivity contribution in [3.63, 3.8) is 0 Å². The topological polar surface area (TPSA) is 0 Å². The summed E-state index contributed by atoms with van der Waals surface area (Å²) in [6, 6.07) is 45.8. The maximum atomic E-state index is 7.00. The Labute approximate surface area is 229 Å². The molecule has 1 heteroatoms. The molecule has 6 aromatic rings. The number of hydrogen-bond acceptors (Lipinski definition) is 0. The van der Waals surface area contributed by atoms with Crippen LogP contribution in [0.15, 0.2) is 127 Å². The van der Waals surface area contributed by atoms with Crippen LogP contribution in [0.3, 0.4) is 0 Å². The molecule has 0 unspecified atom stereocenters. The maximum absolute atomic E-state index is 7.00. The monoisotopic (exact) mass is 506 g/mol. The van der Waals surface area contributed by atoms with E-state index in [-0.39, 0.29) is 5.41 Å². The zero-order valence-electron chi connectivity index (χ0n) is 21.5. The predicted octanol–water partition coefficient (Wildman–Crippen LogP) is 10.8. The van der Waals surface area contributed by atoms with Crippen LogP contribution in [0, 0.1) is 0 Å². The molecule has 0 N–H and O–H groups in total. The van der Waals surface area contributed by atoms with Gasteiger partial charge in [0.1, 0.15) is 0 Å². The van der Waals surface area contributed by atoms with Gasteiger partial charge in [-0.1, -0.05) is 135 Å². The van der Waals surface area contributed by atoms with Gasteiger partial charge in [0.2, 0.25) is 0 Å². The summed E-state index contributed by atoms with van der Waals surface area (Å²) in [4.78, 5) is 0. The number of rotatable bonds is 3. The summed E-state index contributed by atoms with van der Waals surface area (Å²) < 4.78 is 0. The van der Waals surface area contributed by atoms with Crippen molar-refractivity contribution >= 4 is 22.4 Å². The maximum Gasteiger partial charge on any atom is 0.0491 e. The summed E-state index contributed by atoms with van der Waals surface area (Å²) in [7, 11) is 0. The lowest BCUT2D eigenvalue weighted by atomic mass is 9.81. The zero-order chi connectivity index (χ0) is 25.9. The van der Waals surface area contributed by atoms with Gasteiger partial charge in [0, 0.05) is 16.0 Å². The zero-order valence-corrected chi connectivity index (χ0v) is 22.3. The first-order valence-electron chi connectivity index (χ1n) is 13.1. The summed E-state index contributed by atoms with van der Waals surface area (Å²) >= 11 is 7.00. The minimum Gasteiger partial charge on any atom is -0.0836 e. The van der Waals surface area contributed by atoms with Gasteiger partial charge in [0.15, 0.2) is 0 Å². The number of hydrogen-bond donors (Lipinski definition) is 0. The first-order chi connectivity index (χ1) is 18.5. The summed E-state index contributed by atoms with van der Waals surface area (Å²) in [6.07, 6.45) is 0. The van der Waals surface area contributed by atoms with Crippen LogP contribution >= 0.6 is 11.6 Å². The van der Waals surface area contributed by atoms with E-state index in [9.17, 15) is 0 Å². The average molecular weight is 507 g/mol. The van der Waals surface area contributed by atoms with Gasteiger partial charge >= 0.3 is 0 Å². The van der Waals surface area contributed by atoms with Crippen LogP contribution in [0.1, 0.15) is 25.0 Å². The fraction of sp³-hybridized carbons (Fsp3) is 0.0811. The first-order valence-corrected chi connectivity index (χ1v) is 13.5. The summed E-state index contributed by atoms with van der Waals surface area (Å²) in [5.74, 6) is 0. The molecular weight excluding hydrogens is 480 g/mol. The quantitative estimate of drug-likeness (QED) is 0.224. The third kappa shape index (κ3) is 3.52. The molecule has 0 nitrogen and oxygen atoms in total. The van der Waals surface area contributed by atoms with E-state index in [1.54, 1.807) is 0 Å². The molecule has 0 atom stereocenters. The van der Waals surface area contributed by atoms with Crippen LogP contribution in [-0.2, 0) is 5.41 Å². The lowest BCUT2D eigenvalue weighted by Crippen LogP contribution is -2.14. The highest BCUT2D eigenvalue weighted by atomic mass is 35.5. The van der Waals surface area contributed by atoms with Crippen LogP contribution in [0.2, 0.25) is 5.02 Å². The van der Waals surface area contributed by atoms with E-state index in [4.69, 9.17) is 11.6 Å². The lowest BCUT2D eigenvalue weighted by molar-refractivity contribution is 0.660. The van der Waals surface area contributed by atoms with Crippen molar-refractivity contribution < 1.29 is 0 Å². The van der Waals surface area contributed by atoms with Crippen molar-refractivity contribution in [2.45, 2.75) is 19.3 Å². The fourth-order valence-electron chi connectivity index (χ4n) is 6.21. The second-order valence-electron chi connectivity index (χ2n) is 10.7. The number of fused-ring (bicyclic) bond motifs is 4. The molecule has 0 saturated carbocycles. The highest BCUT2D eigenvalue weighted by molar-refractivity contribution is 6.34. The highest BCUT2D eigenvalue weighted by Gasteiger charge is 2.36. The van der Waals surface area contributed by atoms with E-state index in [0.717, 1.165) is 21.5 Å². The van der Waals surface area contributed by atoms with E-state index in [1.807, 2.05) is 0 Å². The van der Waals surface area contributed by atoms with E-state index in [0.29, 0.717) is 0 Å². The molecule has 0 aliphatic heterocycles. The van der Waals surface area contributed by atoms with Gasteiger partial charge in [-0.3, -0.25) is 0 Å². The van der Waals surface area contributed by atoms with Gasteiger partial charge in [-0.05, 0) is 79.0 Å². The smallest absolute Gasteiger partial charge is 0.0491 e. The Balaban J connectivity index is 1.55. The van der Waals surface area contributed by atoms with E-state index >= 15 is 0 Å². The molecular formula is C37H27Cl. The largest absolute Gasteiger partial charge is 0.0836 e. The van der Waals surface area contributed by atoms with Crippen molar-refractivity contribution in [2.24, 2.45) is 0 Å². The Kier molecular flexibility index (Phi) is 5.28. The van der Waals surface area contributed by atoms with Crippen LogP contribution in [0.4, 0.5) is 0 Å². The summed E-state index contributed by atoms with van der Waals surface area (Å²) in [5, 5.41) is 3.11. The Bertz CT molecular complexity index is 1840. The lowest BCUT2D eigenvalue weighted by Gasteiger charge is -2.22.